The van der Waals surface area contributed by atoms with E-state index in [1.54, 1.807) is 0 Å². The number of hydrogen-bond acceptors (Lipinski definition) is 2. The summed E-state index contributed by atoms with van der Waals surface area (Å²) in [6.45, 7) is 11.7. The van der Waals surface area contributed by atoms with E-state index < -0.39 is 0 Å². The van der Waals surface area contributed by atoms with Crippen molar-refractivity contribution < 1.29 is 4.79 Å². The fourth-order valence-electron chi connectivity index (χ4n) is 1.70. The third-order valence-corrected chi connectivity index (χ3v) is 3.14. The molecule has 1 amide bonds. The Morgan fingerprint density at radius 1 is 1.14 bits per heavy atom. The number of rotatable bonds is 7. The van der Waals surface area contributed by atoms with Crippen LogP contribution in [0.1, 0.15) is 47.0 Å². The van der Waals surface area contributed by atoms with Crippen LogP contribution in [0.15, 0.2) is 4.99 Å². The number of guanidine groups is 1. The van der Waals surface area contributed by atoms with Gasteiger partial charge in [0.25, 0.3) is 0 Å². The molecular weight excluding hydrogens is 379 g/mol. The standard InChI is InChI=1S/C15H30N4O.HI/c1-5-16-14(18-9-8-15(2,3)4)19-11-10-17-13(20)12-6-7-12;/h12H,5-11H2,1-4H3,(H,17,20)(H2,16,18,19);1H. The van der Waals surface area contributed by atoms with Crippen molar-refractivity contribution in [3.63, 3.8) is 0 Å². The van der Waals surface area contributed by atoms with Gasteiger partial charge in [-0.2, -0.15) is 0 Å². The monoisotopic (exact) mass is 410 g/mol. The van der Waals surface area contributed by atoms with Crippen molar-refractivity contribution in [2.24, 2.45) is 16.3 Å². The molecule has 0 radical (unpaired) electrons. The van der Waals surface area contributed by atoms with Crippen LogP contribution in [0.25, 0.3) is 0 Å². The van der Waals surface area contributed by atoms with Gasteiger partial charge in [-0.25, -0.2) is 0 Å². The second-order valence-corrected chi connectivity index (χ2v) is 6.56. The second-order valence-electron chi connectivity index (χ2n) is 6.56. The zero-order chi connectivity index (χ0) is 15.0. The smallest absolute Gasteiger partial charge is 0.223 e. The summed E-state index contributed by atoms with van der Waals surface area (Å²) in [7, 11) is 0. The fraction of sp³-hybridized carbons (Fsp3) is 0.867. The minimum atomic E-state index is 0. The van der Waals surface area contributed by atoms with E-state index in [0.29, 0.717) is 18.5 Å². The second kappa shape index (κ2) is 10.2. The van der Waals surface area contributed by atoms with Gasteiger partial charge in [-0.05, 0) is 31.6 Å². The lowest BCUT2D eigenvalue weighted by atomic mass is 9.93. The van der Waals surface area contributed by atoms with Crippen LogP contribution in [0.5, 0.6) is 0 Å². The van der Waals surface area contributed by atoms with Gasteiger partial charge in [-0.15, -0.1) is 24.0 Å². The first-order chi connectivity index (χ1) is 9.42. The molecule has 3 N–H and O–H groups in total. The van der Waals surface area contributed by atoms with Crippen LogP contribution in [0.2, 0.25) is 0 Å². The van der Waals surface area contributed by atoms with Crippen LogP contribution >= 0.6 is 24.0 Å². The highest BCUT2D eigenvalue weighted by atomic mass is 127. The molecule has 1 aliphatic carbocycles. The first kappa shape index (κ1) is 20.5. The number of nitrogens with one attached hydrogen (secondary N) is 3. The highest BCUT2D eigenvalue weighted by molar-refractivity contribution is 14.0. The Hall–Kier alpha value is -0.530. The molecule has 1 saturated carbocycles. The molecule has 0 bridgehead atoms. The number of amides is 1. The minimum absolute atomic E-state index is 0. The molecule has 1 rings (SSSR count). The van der Waals surface area contributed by atoms with E-state index >= 15 is 0 Å². The van der Waals surface area contributed by atoms with Gasteiger partial charge in [0, 0.05) is 32.1 Å². The van der Waals surface area contributed by atoms with Gasteiger partial charge in [0.05, 0.1) is 0 Å². The molecule has 1 aliphatic rings. The van der Waals surface area contributed by atoms with Crippen molar-refractivity contribution in [1.29, 1.82) is 0 Å². The number of halogens is 1. The van der Waals surface area contributed by atoms with E-state index in [2.05, 4.69) is 48.6 Å². The first-order valence-electron chi connectivity index (χ1n) is 7.72. The first-order valence-corrected chi connectivity index (χ1v) is 7.72. The minimum Gasteiger partial charge on any atom is -0.357 e. The van der Waals surface area contributed by atoms with Crippen molar-refractivity contribution in [3.8, 4) is 0 Å². The maximum Gasteiger partial charge on any atom is 0.223 e. The number of carbonyl (C=O) groups is 1. The van der Waals surface area contributed by atoms with Gasteiger partial charge < -0.3 is 16.0 Å². The van der Waals surface area contributed by atoms with Crippen molar-refractivity contribution in [2.75, 3.05) is 26.2 Å². The molecule has 0 unspecified atom stereocenters. The molecule has 0 aromatic heterocycles. The zero-order valence-corrected chi connectivity index (χ0v) is 16.1. The molecule has 21 heavy (non-hydrogen) atoms. The quantitative estimate of drug-likeness (QED) is 0.261. The molecule has 0 saturated heterocycles. The Labute approximate surface area is 146 Å². The highest BCUT2D eigenvalue weighted by Crippen LogP contribution is 2.28. The molecule has 0 atom stereocenters. The molecule has 0 aliphatic heterocycles. The number of nitrogens with zero attached hydrogens (tertiary/aromatic N) is 1. The van der Waals surface area contributed by atoms with Gasteiger partial charge >= 0.3 is 0 Å². The molecule has 124 valence electrons. The number of hydrogen-bond donors (Lipinski definition) is 3. The summed E-state index contributed by atoms with van der Waals surface area (Å²) in [6.07, 6.45) is 3.16. The van der Waals surface area contributed by atoms with E-state index in [1.807, 2.05) is 0 Å². The van der Waals surface area contributed by atoms with Crippen LogP contribution < -0.4 is 16.0 Å². The molecule has 0 heterocycles. The topological polar surface area (TPSA) is 65.5 Å². The van der Waals surface area contributed by atoms with E-state index in [9.17, 15) is 4.79 Å². The number of carbonyl (C=O) groups excluding carboxylic acids is 1. The Kier molecular flexibility index (Phi) is 9.98. The summed E-state index contributed by atoms with van der Waals surface area (Å²) in [5.74, 6) is 1.31. The van der Waals surface area contributed by atoms with Crippen molar-refractivity contribution in [1.82, 2.24) is 16.0 Å². The highest BCUT2D eigenvalue weighted by Gasteiger charge is 2.28. The van der Waals surface area contributed by atoms with E-state index in [0.717, 1.165) is 38.3 Å². The normalized spacial score (nSPS) is 15.1. The Balaban J connectivity index is 0.00000400. The maximum absolute atomic E-state index is 11.5. The van der Waals surface area contributed by atoms with Gasteiger partial charge in [-0.3, -0.25) is 9.79 Å². The fourth-order valence-corrected chi connectivity index (χ4v) is 1.70. The molecule has 6 heteroatoms. The summed E-state index contributed by atoms with van der Waals surface area (Å²) in [6, 6.07) is 0. The van der Waals surface area contributed by atoms with Crippen molar-refractivity contribution >= 4 is 35.8 Å². The van der Waals surface area contributed by atoms with Gasteiger partial charge in [0.15, 0.2) is 5.96 Å². The van der Waals surface area contributed by atoms with Gasteiger partial charge in [-0.1, -0.05) is 20.8 Å². The number of aliphatic imine (C=N–C) groups is 1. The average molecular weight is 410 g/mol. The van der Waals surface area contributed by atoms with Crippen molar-refractivity contribution in [2.45, 2.75) is 47.0 Å². The summed E-state index contributed by atoms with van der Waals surface area (Å²) in [5, 5.41) is 9.40. The maximum atomic E-state index is 11.5. The van der Waals surface area contributed by atoms with Crippen LogP contribution in [-0.4, -0.2) is 38.0 Å². The van der Waals surface area contributed by atoms with Crippen LogP contribution in [-0.2, 0) is 4.79 Å². The van der Waals surface area contributed by atoms with E-state index in [1.165, 1.54) is 0 Å². The molecule has 0 aromatic rings. The zero-order valence-electron chi connectivity index (χ0n) is 13.8. The van der Waals surface area contributed by atoms with Crippen molar-refractivity contribution in [3.05, 3.63) is 0 Å². The molecular formula is C15H31IN4O. The lowest BCUT2D eigenvalue weighted by Crippen LogP contribution is -2.41. The lowest BCUT2D eigenvalue weighted by Gasteiger charge is -2.17. The molecule has 1 fully saturated rings. The average Bonchev–Trinajstić information content (AvgIpc) is 3.16. The molecule has 0 spiro atoms. The Morgan fingerprint density at radius 2 is 1.76 bits per heavy atom. The van der Waals surface area contributed by atoms with Gasteiger partial charge in [0.2, 0.25) is 5.91 Å². The third-order valence-electron chi connectivity index (χ3n) is 3.14. The Bertz CT molecular complexity index is 335. The lowest BCUT2D eigenvalue weighted by molar-refractivity contribution is -0.122. The SMILES string of the molecule is CCNC(=NCCC(C)(C)C)NCCNC(=O)C1CC1.I. The van der Waals surface area contributed by atoms with Crippen LogP contribution in [0.3, 0.4) is 0 Å². The Morgan fingerprint density at radius 3 is 2.29 bits per heavy atom. The van der Waals surface area contributed by atoms with Gasteiger partial charge in [0.1, 0.15) is 0 Å². The summed E-state index contributed by atoms with van der Waals surface area (Å²) in [4.78, 5) is 16.0. The predicted octanol–water partition coefficient (Wildman–Crippen LogP) is 2.12. The summed E-state index contributed by atoms with van der Waals surface area (Å²) in [5.41, 5.74) is 0.305. The summed E-state index contributed by atoms with van der Waals surface area (Å²) < 4.78 is 0. The summed E-state index contributed by atoms with van der Waals surface area (Å²) >= 11 is 0. The van der Waals surface area contributed by atoms with Crippen LogP contribution in [0.4, 0.5) is 0 Å². The van der Waals surface area contributed by atoms with Crippen LogP contribution in [0, 0.1) is 11.3 Å². The largest absolute Gasteiger partial charge is 0.357 e. The molecule has 0 aromatic carbocycles. The van der Waals surface area contributed by atoms with E-state index in [4.69, 9.17) is 0 Å². The predicted molar refractivity (Wildman–Crippen MR) is 99.2 cm³/mol. The molecule has 5 nitrogen and oxygen atoms in total. The third kappa shape index (κ3) is 10.8. The van der Waals surface area contributed by atoms with E-state index in [-0.39, 0.29) is 35.8 Å².